The Hall–Kier alpha value is -0.570. The van der Waals surface area contributed by atoms with E-state index >= 15 is 0 Å². The third-order valence-electron chi connectivity index (χ3n) is 4.37. The van der Waals surface area contributed by atoms with Crippen LogP contribution in [0.2, 0.25) is 0 Å². The number of carbonyl (C=O) groups excluding carboxylic acids is 1. The zero-order valence-corrected chi connectivity index (χ0v) is 8.80. The van der Waals surface area contributed by atoms with Crippen molar-refractivity contribution in [2.45, 2.75) is 26.2 Å². The van der Waals surface area contributed by atoms with Crippen LogP contribution in [0.4, 0.5) is 0 Å². The van der Waals surface area contributed by atoms with Gasteiger partial charge >= 0.3 is 5.97 Å². The topological polar surface area (TPSA) is 54.4 Å². The van der Waals surface area contributed by atoms with Crippen LogP contribution in [0.15, 0.2) is 0 Å². The summed E-state index contributed by atoms with van der Waals surface area (Å²) in [5.41, 5.74) is -1.71. The predicted molar refractivity (Wildman–Crippen MR) is 51.2 cm³/mol. The first-order valence-electron chi connectivity index (χ1n) is 4.81. The molecule has 0 spiro atoms. The molecule has 14 heavy (non-hydrogen) atoms. The van der Waals surface area contributed by atoms with Gasteiger partial charge in [0.15, 0.2) is 0 Å². The van der Waals surface area contributed by atoms with E-state index in [0.717, 1.165) is 6.42 Å². The summed E-state index contributed by atoms with van der Waals surface area (Å²) in [6, 6.07) is 0. The van der Waals surface area contributed by atoms with Crippen LogP contribution in [0.25, 0.3) is 0 Å². The minimum atomic E-state index is -0.925. The largest absolute Gasteiger partial charge is 0.481 e. The lowest BCUT2D eigenvalue weighted by Crippen LogP contribution is -2.44. The molecular weight excluding hydrogens is 204 g/mol. The van der Waals surface area contributed by atoms with Crippen molar-refractivity contribution in [1.82, 2.24) is 0 Å². The maximum Gasteiger partial charge on any atom is 0.310 e. The molecule has 4 heteroatoms. The van der Waals surface area contributed by atoms with Crippen LogP contribution in [0.3, 0.4) is 0 Å². The minimum absolute atomic E-state index is 0.00810. The quantitative estimate of drug-likeness (QED) is 0.715. The number of hydrogen-bond acceptors (Lipinski definition) is 2. The van der Waals surface area contributed by atoms with Gasteiger partial charge in [-0.25, -0.2) is 0 Å². The molecule has 3 unspecified atom stereocenters. The standard InChI is InChI=1S/C10H13ClO3/c1-9(8(13)14)6-2-3-10(9,5-11)7(12)4-6/h6H,2-5H2,1H3,(H,13,14). The summed E-state index contributed by atoms with van der Waals surface area (Å²) in [5.74, 6) is -0.683. The number of halogens is 1. The monoisotopic (exact) mass is 216 g/mol. The Morgan fingerprint density at radius 1 is 1.71 bits per heavy atom. The van der Waals surface area contributed by atoms with Crippen molar-refractivity contribution in [3.63, 3.8) is 0 Å². The molecule has 3 atom stereocenters. The fraction of sp³-hybridized carbons (Fsp3) is 0.800. The Kier molecular flexibility index (Phi) is 1.94. The highest BCUT2D eigenvalue weighted by atomic mass is 35.5. The Labute approximate surface area is 87.4 Å². The SMILES string of the molecule is CC1(C(=O)O)C2CCC1(CCl)C(=O)C2. The van der Waals surface area contributed by atoms with Crippen LogP contribution in [0.5, 0.6) is 0 Å². The zero-order chi connectivity index (χ0) is 10.6. The van der Waals surface area contributed by atoms with Crippen molar-refractivity contribution in [3.05, 3.63) is 0 Å². The second kappa shape index (κ2) is 2.72. The first-order chi connectivity index (χ1) is 6.49. The van der Waals surface area contributed by atoms with Gasteiger partial charge < -0.3 is 5.11 Å². The lowest BCUT2D eigenvalue weighted by Gasteiger charge is -2.33. The number of carbonyl (C=O) groups is 2. The van der Waals surface area contributed by atoms with Crippen molar-refractivity contribution in [2.75, 3.05) is 5.88 Å². The van der Waals surface area contributed by atoms with Gasteiger partial charge in [-0.05, 0) is 25.7 Å². The maximum atomic E-state index is 11.8. The van der Waals surface area contributed by atoms with E-state index in [1.165, 1.54) is 0 Å². The number of alkyl halides is 1. The van der Waals surface area contributed by atoms with Gasteiger partial charge in [-0.2, -0.15) is 0 Å². The molecule has 0 aromatic heterocycles. The van der Waals surface area contributed by atoms with E-state index in [1.54, 1.807) is 6.92 Å². The van der Waals surface area contributed by atoms with Gasteiger partial charge in [-0.3, -0.25) is 9.59 Å². The van der Waals surface area contributed by atoms with Gasteiger partial charge in [0.05, 0.1) is 10.8 Å². The average molecular weight is 217 g/mol. The van der Waals surface area contributed by atoms with E-state index < -0.39 is 16.8 Å². The summed E-state index contributed by atoms with van der Waals surface area (Å²) in [4.78, 5) is 23.0. The van der Waals surface area contributed by atoms with Gasteiger partial charge in [0.1, 0.15) is 5.78 Å². The second-order valence-electron chi connectivity index (χ2n) is 4.59. The molecule has 2 aliphatic carbocycles. The molecule has 0 saturated heterocycles. The summed E-state index contributed by atoms with van der Waals surface area (Å²) < 4.78 is 0. The molecule has 0 amide bonds. The van der Waals surface area contributed by atoms with Crippen LogP contribution >= 0.6 is 11.6 Å². The molecule has 78 valence electrons. The number of rotatable bonds is 2. The minimum Gasteiger partial charge on any atom is -0.481 e. The number of carboxylic acids is 1. The normalized spacial score (nSPS) is 45.9. The number of ketones is 1. The Morgan fingerprint density at radius 3 is 2.71 bits per heavy atom. The summed E-state index contributed by atoms with van der Waals surface area (Å²) in [6.07, 6.45) is 1.86. The predicted octanol–water partition coefficient (Wildman–Crippen LogP) is 1.69. The van der Waals surface area contributed by atoms with Crippen LogP contribution in [-0.4, -0.2) is 22.7 Å². The fourth-order valence-electron chi connectivity index (χ4n) is 3.17. The number of fused-ring (bicyclic) bond motifs is 2. The summed E-state index contributed by atoms with van der Waals surface area (Å²) in [6.45, 7) is 1.68. The first kappa shape index (κ1) is 9.97. The molecule has 2 fully saturated rings. The van der Waals surface area contributed by atoms with Gasteiger partial charge in [0.2, 0.25) is 0 Å². The van der Waals surface area contributed by atoms with E-state index in [-0.39, 0.29) is 17.6 Å². The van der Waals surface area contributed by atoms with Crippen molar-refractivity contribution >= 4 is 23.4 Å². The molecule has 1 N–H and O–H groups in total. The van der Waals surface area contributed by atoms with Crippen molar-refractivity contribution in [3.8, 4) is 0 Å². The van der Waals surface area contributed by atoms with E-state index in [4.69, 9.17) is 11.6 Å². The van der Waals surface area contributed by atoms with Crippen LogP contribution in [0.1, 0.15) is 26.2 Å². The van der Waals surface area contributed by atoms with E-state index in [0.29, 0.717) is 12.8 Å². The van der Waals surface area contributed by atoms with E-state index in [9.17, 15) is 14.7 Å². The Bertz CT molecular complexity index is 314. The summed E-state index contributed by atoms with van der Waals surface area (Å²) in [7, 11) is 0. The smallest absolute Gasteiger partial charge is 0.310 e. The van der Waals surface area contributed by atoms with Gasteiger partial charge in [-0.1, -0.05) is 0 Å². The molecule has 3 nitrogen and oxygen atoms in total. The van der Waals surface area contributed by atoms with Gasteiger partial charge in [0.25, 0.3) is 0 Å². The molecule has 2 bridgehead atoms. The molecule has 0 radical (unpaired) electrons. The average Bonchev–Trinajstić information content (AvgIpc) is 2.54. The first-order valence-corrected chi connectivity index (χ1v) is 5.35. The zero-order valence-electron chi connectivity index (χ0n) is 8.05. The van der Waals surface area contributed by atoms with Crippen LogP contribution in [0, 0.1) is 16.7 Å². The second-order valence-corrected chi connectivity index (χ2v) is 4.85. The van der Waals surface area contributed by atoms with Gasteiger partial charge in [0, 0.05) is 12.3 Å². The van der Waals surface area contributed by atoms with Crippen molar-refractivity contribution in [1.29, 1.82) is 0 Å². The molecule has 2 saturated carbocycles. The molecule has 0 heterocycles. The molecule has 0 aromatic carbocycles. The highest BCUT2D eigenvalue weighted by Gasteiger charge is 2.69. The molecular formula is C10H13ClO3. The fourth-order valence-corrected chi connectivity index (χ4v) is 3.73. The summed E-state index contributed by atoms with van der Waals surface area (Å²) >= 11 is 5.83. The van der Waals surface area contributed by atoms with Gasteiger partial charge in [-0.15, -0.1) is 11.6 Å². The van der Waals surface area contributed by atoms with Crippen molar-refractivity contribution < 1.29 is 14.7 Å². The number of Topliss-reactive ketones (excluding diaryl/α,β-unsaturated/α-hetero) is 1. The molecule has 0 aliphatic heterocycles. The highest BCUT2D eigenvalue weighted by molar-refractivity contribution is 6.21. The number of hydrogen-bond donors (Lipinski definition) is 1. The highest BCUT2D eigenvalue weighted by Crippen LogP contribution is 2.64. The maximum absolute atomic E-state index is 11.8. The third kappa shape index (κ3) is 0.800. The number of aliphatic carboxylic acids is 1. The van der Waals surface area contributed by atoms with E-state index in [2.05, 4.69) is 0 Å². The molecule has 2 rings (SSSR count). The summed E-state index contributed by atoms with van der Waals surface area (Å²) in [5, 5.41) is 9.26. The third-order valence-corrected chi connectivity index (χ3v) is 4.82. The number of carboxylic acid groups (broad SMARTS) is 1. The van der Waals surface area contributed by atoms with Crippen LogP contribution in [-0.2, 0) is 9.59 Å². The lowest BCUT2D eigenvalue weighted by molar-refractivity contribution is -0.156. The molecule has 2 aliphatic rings. The van der Waals surface area contributed by atoms with Crippen molar-refractivity contribution in [2.24, 2.45) is 16.7 Å². The Balaban J connectivity index is 2.53. The van der Waals surface area contributed by atoms with Crippen LogP contribution < -0.4 is 0 Å². The Morgan fingerprint density at radius 2 is 2.36 bits per heavy atom. The molecule has 0 aromatic rings. The lowest BCUT2D eigenvalue weighted by atomic mass is 9.69. The van der Waals surface area contributed by atoms with E-state index in [1.807, 2.05) is 0 Å².